The van der Waals surface area contributed by atoms with Crippen molar-refractivity contribution in [3.05, 3.63) is 0 Å². The molecule has 12 heteroatoms. The third kappa shape index (κ3) is 7.36. The summed E-state index contributed by atoms with van der Waals surface area (Å²) >= 11 is 9.73. The van der Waals surface area contributed by atoms with Gasteiger partial charge < -0.3 is 23.8 Å². The third-order valence-corrected chi connectivity index (χ3v) is 6.39. The molecular weight excluding hydrogens is 473 g/mol. The number of thiol groups is 1. The first-order chi connectivity index (χ1) is 14.6. The van der Waals surface area contributed by atoms with Crippen LogP contribution in [0.5, 0.6) is 0 Å². The van der Waals surface area contributed by atoms with Crippen LogP contribution in [0.1, 0.15) is 39.5 Å². The molecule has 0 aromatic rings. The zero-order valence-electron chi connectivity index (χ0n) is 18.1. The molecule has 1 fully saturated rings. The second-order valence-corrected chi connectivity index (χ2v) is 9.75. The van der Waals surface area contributed by atoms with Gasteiger partial charge in [-0.15, -0.1) is 0 Å². The predicted octanol–water partition coefficient (Wildman–Crippen LogP) is 4.28. The minimum absolute atomic E-state index is 0.277. The van der Waals surface area contributed by atoms with Crippen molar-refractivity contribution in [2.24, 2.45) is 4.99 Å². The van der Waals surface area contributed by atoms with Crippen molar-refractivity contribution >= 4 is 46.2 Å². The highest BCUT2D eigenvalue weighted by molar-refractivity contribution is 8.14. The normalized spacial score (nSPS) is 29.3. The highest BCUT2D eigenvalue weighted by Crippen LogP contribution is 2.43. The van der Waals surface area contributed by atoms with Crippen molar-refractivity contribution in [3.63, 3.8) is 0 Å². The number of aliphatic imine (C=N–C) groups is 1. The number of rotatable bonds is 10. The summed E-state index contributed by atoms with van der Waals surface area (Å²) in [6.45, 7) is 4.67. The van der Waals surface area contributed by atoms with Crippen molar-refractivity contribution in [2.75, 3.05) is 27.3 Å². The SMILES string of the molecule is CCCCO[C@@H]1[C@H]2N=C(N(C)C)S[C@H]2O[C@H](C(OC(=S)S)C(F)(F)F)[C@H]1OCCCC. The molecule has 0 amide bonds. The van der Waals surface area contributed by atoms with Crippen LogP contribution in [0.15, 0.2) is 4.99 Å². The van der Waals surface area contributed by atoms with E-state index < -0.39 is 46.5 Å². The topological polar surface area (TPSA) is 52.5 Å². The number of thiocarbonyl (C=S) groups is 1. The fourth-order valence-corrected chi connectivity index (χ4v) is 4.70. The van der Waals surface area contributed by atoms with Crippen LogP contribution < -0.4 is 0 Å². The van der Waals surface area contributed by atoms with Crippen LogP contribution in [-0.2, 0) is 18.9 Å². The number of nitrogens with zero attached hydrogens (tertiary/aromatic N) is 2. The van der Waals surface area contributed by atoms with E-state index in [-0.39, 0.29) is 6.61 Å². The summed E-state index contributed by atoms with van der Waals surface area (Å²) in [5, 5.41) is 0.668. The predicted molar refractivity (Wildman–Crippen MR) is 123 cm³/mol. The molecule has 6 nitrogen and oxygen atoms in total. The Hall–Kier alpha value is -0.270. The van der Waals surface area contributed by atoms with Gasteiger partial charge in [-0.1, -0.05) is 51.1 Å². The maximum absolute atomic E-state index is 14.0. The Bertz CT molecular complexity index is 625. The van der Waals surface area contributed by atoms with Crippen LogP contribution in [0.2, 0.25) is 0 Å². The number of halogens is 3. The number of unbranched alkanes of at least 4 members (excludes halogenated alkanes) is 2. The molecule has 0 saturated carbocycles. The third-order valence-electron chi connectivity index (χ3n) is 4.88. The Morgan fingerprint density at radius 1 is 1.19 bits per heavy atom. The van der Waals surface area contributed by atoms with Gasteiger partial charge in [0.1, 0.15) is 29.8 Å². The number of hydrogen-bond donors (Lipinski definition) is 1. The Morgan fingerprint density at radius 3 is 2.26 bits per heavy atom. The molecule has 1 saturated heterocycles. The molecule has 0 N–H and O–H groups in total. The fourth-order valence-electron chi connectivity index (χ4n) is 3.35. The largest absolute Gasteiger partial charge is 0.463 e. The van der Waals surface area contributed by atoms with Gasteiger partial charge in [-0.3, -0.25) is 4.99 Å². The Balaban J connectivity index is 2.41. The van der Waals surface area contributed by atoms with Gasteiger partial charge in [0.25, 0.3) is 0 Å². The first-order valence-corrected chi connectivity index (χ1v) is 12.1. The fraction of sp³-hybridized carbons (Fsp3) is 0.895. The summed E-state index contributed by atoms with van der Waals surface area (Å²) in [6.07, 6.45) is -7.07. The van der Waals surface area contributed by atoms with Gasteiger partial charge in [0.2, 0.25) is 10.5 Å². The van der Waals surface area contributed by atoms with E-state index in [0.717, 1.165) is 19.3 Å². The van der Waals surface area contributed by atoms with Crippen molar-refractivity contribution in [2.45, 2.75) is 81.6 Å². The zero-order chi connectivity index (χ0) is 23.2. The van der Waals surface area contributed by atoms with Crippen LogP contribution in [0, 0.1) is 0 Å². The molecule has 2 heterocycles. The number of amidine groups is 1. The second-order valence-electron chi connectivity index (χ2n) is 7.61. The van der Waals surface area contributed by atoms with Crippen LogP contribution in [0.25, 0.3) is 0 Å². The molecule has 0 radical (unpaired) electrons. The highest BCUT2D eigenvalue weighted by Gasteiger charge is 2.59. The lowest BCUT2D eigenvalue weighted by Crippen LogP contribution is -2.63. The smallest absolute Gasteiger partial charge is 0.428 e. The molecule has 2 aliphatic rings. The van der Waals surface area contributed by atoms with Gasteiger partial charge in [-0.05, 0) is 25.1 Å². The Labute approximate surface area is 197 Å². The van der Waals surface area contributed by atoms with Gasteiger partial charge in [0.05, 0.1) is 0 Å². The van der Waals surface area contributed by atoms with E-state index in [2.05, 4.69) is 17.6 Å². The van der Waals surface area contributed by atoms with E-state index in [0.29, 0.717) is 18.2 Å². The maximum atomic E-state index is 14.0. The zero-order valence-corrected chi connectivity index (χ0v) is 20.7. The average molecular weight is 505 g/mol. The number of alkyl halides is 3. The average Bonchev–Trinajstić information content (AvgIpc) is 3.10. The van der Waals surface area contributed by atoms with Crippen molar-refractivity contribution < 1.29 is 32.1 Å². The van der Waals surface area contributed by atoms with E-state index in [4.69, 9.17) is 31.2 Å². The van der Waals surface area contributed by atoms with Gasteiger partial charge in [0, 0.05) is 27.3 Å². The lowest BCUT2D eigenvalue weighted by molar-refractivity contribution is -0.276. The molecule has 180 valence electrons. The van der Waals surface area contributed by atoms with Crippen LogP contribution in [0.4, 0.5) is 13.2 Å². The van der Waals surface area contributed by atoms with E-state index in [1.165, 1.54) is 11.8 Å². The number of thioether (sulfide) groups is 1. The maximum Gasteiger partial charge on any atom is 0.428 e. The van der Waals surface area contributed by atoms with Gasteiger partial charge in [-0.2, -0.15) is 13.2 Å². The van der Waals surface area contributed by atoms with Crippen molar-refractivity contribution in [1.29, 1.82) is 0 Å². The molecule has 0 aromatic carbocycles. The van der Waals surface area contributed by atoms with Crippen LogP contribution in [0.3, 0.4) is 0 Å². The summed E-state index contributed by atoms with van der Waals surface area (Å²) in [7, 11) is 3.65. The summed E-state index contributed by atoms with van der Waals surface area (Å²) in [4.78, 5) is 6.48. The molecule has 2 rings (SSSR count). The standard InChI is InChI=1S/C19H31F3N2O4S3/c1-5-7-9-25-12-11-16(31-17(23-11)24(3)4)27-14(13(12)26-10-8-6-2)15(19(20,21)22)28-18(29)30/h11-16H,5-10H2,1-4H3,(H,29,30)/t11-,12-,13+,14+,15?,16-/m1/s1. The molecule has 0 spiro atoms. The Morgan fingerprint density at radius 2 is 1.77 bits per heavy atom. The molecule has 0 aromatic heterocycles. The van der Waals surface area contributed by atoms with Gasteiger partial charge in [0.15, 0.2) is 5.17 Å². The molecule has 31 heavy (non-hydrogen) atoms. The number of ether oxygens (including phenoxy) is 4. The minimum atomic E-state index is -4.74. The number of hydrogen-bond acceptors (Lipinski definition) is 8. The number of fused-ring (bicyclic) bond motifs is 1. The van der Waals surface area contributed by atoms with Crippen LogP contribution >= 0.6 is 36.6 Å². The lowest BCUT2D eigenvalue weighted by Gasteiger charge is -2.45. The minimum Gasteiger partial charge on any atom is -0.463 e. The quantitative estimate of drug-likeness (QED) is 0.271. The van der Waals surface area contributed by atoms with Crippen LogP contribution in [-0.4, -0.2) is 83.8 Å². The van der Waals surface area contributed by atoms with Gasteiger partial charge >= 0.3 is 6.18 Å². The second kappa shape index (κ2) is 12.3. The first-order valence-electron chi connectivity index (χ1n) is 10.4. The van der Waals surface area contributed by atoms with Crippen molar-refractivity contribution in [1.82, 2.24) is 4.90 Å². The van der Waals surface area contributed by atoms with E-state index >= 15 is 0 Å². The summed E-state index contributed by atoms with van der Waals surface area (Å²) in [6, 6.07) is -0.487. The molecule has 0 aliphatic carbocycles. The first kappa shape index (κ1) is 27.0. The molecule has 0 bridgehead atoms. The monoisotopic (exact) mass is 504 g/mol. The molecule has 6 atom stereocenters. The van der Waals surface area contributed by atoms with Crippen molar-refractivity contribution in [3.8, 4) is 0 Å². The highest BCUT2D eigenvalue weighted by atomic mass is 32.2. The van der Waals surface area contributed by atoms with Gasteiger partial charge in [-0.25, -0.2) is 0 Å². The Kier molecular flexibility index (Phi) is 10.7. The molecule has 2 aliphatic heterocycles. The lowest BCUT2D eigenvalue weighted by atomic mass is 9.93. The summed E-state index contributed by atoms with van der Waals surface area (Å²) in [5.74, 6) is 0. The van der Waals surface area contributed by atoms with E-state index in [1.807, 2.05) is 27.9 Å². The summed E-state index contributed by atoms with van der Waals surface area (Å²) < 4.78 is 64.3. The van der Waals surface area contributed by atoms with E-state index in [9.17, 15) is 13.2 Å². The molecule has 1 unspecified atom stereocenters. The van der Waals surface area contributed by atoms with E-state index in [1.54, 1.807) is 4.90 Å². The molecular formula is C19H31F3N2O4S3. The summed E-state index contributed by atoms with van der Waals surface area (Å²) in [5.41, 5.74) is -0.651.